The van der Waals surface area contributed by atoms with E-state index in [1.165, 1.54) is 56.6 Å². The first-order chi connectivity index (χ1) is 9.34. The Labute approximate surface area is 115 Å². The molecule has 2 saturated heterocycles. The molecule has 2 fully saturated rings. The number of rotatable bonds is 2. The minimum atomic E-state index is 0.775. The van der Waals surface area contributed by atoms with Crippen LogP contribution in [-0.4, -0.2) is 25.5 Å². The molecule has 0 bridgehead atoms. The molecule has 0 saturated carbocycles. The van der Waals surface area contributed by atoms with E-state index in [0.717, 1.165) is 18.8 Å². The highest BCUT2D eigenvalue weighted by molar-refractivity contribution is 5.96. The van der Waals surface area contributed by atoms with Gasteiger partial charge in [0, 0.05) is 37.4 Å². The van der Waals surface area contributed by atoms with Crippen LogP contribution in [0.2, 0.25) is 0 Å². The van der Waals surface area contributed by atoms with Crippen LogP contribution < -0.4 is 9.80 Å². The number of hydrogen-bond donors (Lipinski definition) is 1. The summed E-state index contributed by atoms with van der Waals surface area (Å²) in [6.07, 6.45) is 7.31. The molecule has 3 nitrogen and oxygen atoms in total. The molecule has 19 heavy (non-hydrogen) atoms. The van der Waals surface area contributed by atoms with Crippen molar-refractivity contribution in [3.8, 4) is 0 Å². The lowest BCUT2D eigenvalue weighted by Gasteiger charge is -2.31. The molecule has 3 rings (SSSR count). The summed E-state index contributed by atoms with van der Waals surface area (Å²) < 4.78 is 0. The van der Waals surface area contributed by atoms with Crippen molar-refractivity contribution >= 4 is 17.2 Å². The lowest BCUT2D eigenvalue weighted by atomic mass is 10.1. The number of nitrogens with zero attached hydrogens (tertiary/aromatic N) is 2. The van der Waals surface area contributed by atoms with Gasteiger partial charge in [0.2, 0.25) is 0 Å². The Kier molecular flexibility index (Phi) is 3.72. The normalized spacial score (nSPS) is 20.7. The first kappa shape index (κ1) is 12.5. The van der Waals surface area contributed by atoms with Crippen LogP contribution in [-0.2, 0) is 0 Å². The van der Waals surface area contributed by atoms with E-state index in [9.17, 15) is 0 Å². The van der Waals surface area contributed by atoms with Crippen molar-refractivity contribution in [1.82, 2.24) is 0 Å². The van der Waals surface area contributed by atoms with Crippen LogP contribution >= 0.6 is 0 Å². The Bertz CT molecular complexity index is 432. The second-order valence-electron chi connectivity index (χ2n) is 5.62. The van der Waals surface area contributed by atoms with Gasteiger partial charge in [-0.2, -0.15) is 0 Å². The zero-order valence-electron chi connectivity index (χ0n) is 11.6. The maximum absolute atomic E-state index is 8.05. The Morgan fingerprint density at radius 3 is 2.05 bits per heavy atom. The predicted octanol–water partition coefficient (Wildman–Crippen LogP) is 3.64. The fourth-order valence-electron chi connectivity index (χ4n) is 3.11. The number of nitrogens with one attached hydrogen (secondary N) is 1. The predicted molar refractivity (Wildman–Crippen MR) is 81.4 cm³/mol. The van der Waals surface area contributed by atoms with Gasteiger partial charge in [-0.15, -0.1) is 0 Å². The molecule has 0 aromatic heterocycles. The molecule has 0 radical (unpaired) electrons. The van der Waals surface area contributed by atoms with Gasteiger partial charge in [-0.25, -0.2) is 0 Å². The molecule has 0 unspecified atom stereocenters. The number of piperidine rings is 2. The van der Waals surface area contributed by atoms with Crippen LogP contribution in [0.5, 0.6) is 0 Å². The number of hydrogen-bond acceptors (Lipinski definition) is 2. The monoisotopic (exact) mass is 257 g/mol. The maximum atomic E-state index is 8.05. The summed E-state index contributed by atoms with van der Waals surface area (Å²) in [6, 6.07) is 8.82. The molecule has 0 atom stereocenters. The Morgan fingerprint density at radius 2 is 1.37 bits per heavy atom. The Balaban J connectivity index is 1.72. The van der Waals surface area contributed by atoms with Crippen LogP contribution in [0.4, 0.5) is 11.4 Å². The van der Waals surface area contributed by atoms with Gasteiger partial charge in [-0.3, -0.25) is 5.41 Å². The van der Waals surface area contributed by atoms with Gasteiger partial charge in [-0.1, -0.05) is 0 Å². The molecule has 102 valence electrons. The fourth-order valence-corrected chi connectivity index (χ4v) is 3.11. The van der Waals surface area contributed by atoms with Crippen LogP contribution in [0.25, 0.3) is 0 Å². The van der Waals surface area contributed by atoms with Gasteiger partial charge in [-0.05, 0) is 56.4 Å². The second-order valence-corrected chi connectivity index (χ2v) is 5.62. The SMILES string of the molecule is N=C1CCCCN1c1ccc(N2CCCCC2)cc1. The van der Waals surface area contributed by atoms with E-state index in [4.69, 9.17) is 5.41 Å². The van der Waals surface area contributed by atoms with E-state index in [-0.39, 0.29) is 0 Å². The zero-order chi connectivity index (χ0) is 13.1. The van der Waals surface area contributed by atoms with E-state index in [1.54, 1.807) is 0 Å². The molecular weight excluding hydrogens is 234 g/mol. The highest BCUT2D eigenvalue weighted by atomic mass is 15.2. The molecule has 0 spiro atoms. The van der Waals surface area contributed by atoms with Crippen LogP contribution in [0.3, 0.4) is 0 Å². The molecule has 0 amide bonds. The van der Waals surface area contributed by atoms with E-state index in [2.05, 4.69) is 34.1 Å². The van der Waals surface area contributed by atoms with Crippen molar-refractivity contribution in [1.29, 1.82) is 5.41 Å². The summed E-state index contributed by atoms with van der Waals surface area (Å²) in [5.41, 5.74) is 2.53. The summed E-state index contributed by atoms with van der Waals surface area (Å²) in [6.45, 7) is 3.39. The Morgan fingerprint density at radius 1 is 0.737 bits per heavy atom. The minimum Gasteiger partial charge on any atom is -0.372 e. The van der Waals surface area contributed by atoms with Gasteiger partial charge in [0.15, 0.2) is 0 Å². The van der Waals surface area contributed by atoms with Gasteiger partial charge in [0.1, 0.15) is 5.84 Å². The third kappa shape index (κ3) is 2.75. The maximum Gasteiger partial charge on any atom is 0.100 e. The quantitative estimate of drug-likeness (QED) is 0.876. The molecule has 1 N–H and O–H groups in total. The molecule has 2 aliphatic rings. The van der Waals surface area contributed by atoms with E-state index < -0.39 is 0 Å². The third-order valence-electron chi connectivity index (χ3n) is 4.25. The molecular formula is C16H23N3. The van der Waals surface area contributed by atoms with Crippen molar-refractivity contribution in [2.75, 3.05) is 29.4 Å². The van der Waals surface area contributed by atoms with Crippen molar-refractivity contribution < 1.29 is 0 Å². The highest BCUT2D eigenvalue weighted by Gasteiger charge is 2.17. The molecule has 1 aromatic rings. The summed E-state index contributed by atoms with van der Waals surface area (Å²) in [5, 5.41) is 8.05. The van der Waals surface area contributed by atoms with Gasteiger partial charge >= 0.3 is 0 Å². The smallest absolute Gasteiger partial charge is 0.100 e. The van der Waals surface area contributed by atoms with Crippen LogP contribution in [0.1, 0.15) is 38.5 Å². The van der Waals surface area contributed by atoms with Crippen molar-refractivity contribution in [2.24, 2.45) is 0 Å². The average Bonchev–Trinajstić information content (AvgIpc) is 2.49. The molecule has 3 heteroatoms. The van der Waals surface area contributed by atoms with Crippen molar-refractivity contribution in [3.05, 3.63) is 24.3 Å². The zero-order valence-corrected chi connectivity index (χ0v) is 11.6. The molecule has 2 aliphatic heterocycles. The summed E-state index contributed by atoms with van der Waals surface area (Å²) in [7, 11) is 0. The summed E-state index contributed by atoms with van der Waals surface area (Å²) in [4.78, 5) is 4.64. The molecule has 1 aromatic carbocycles. The molecule has 2 heterocycles. The number of amidine groups is 1. The highest BCUT2D eigenvalue weighted by Crippen LogP contribution is 2.25. The van der Waals surface area contributed by atoms with E-state index >= 15 is 0 Å². The van der Waals surface area contributed by atoms with Crippen LogP contribution in [0, 0.1) is 5.41 Å². The van der Waals surface area contributed by atoms with Gasteiger partial charge in [0.05, 0.1) is 0 Å². The first-order valence-corrected chi connectivity index (χ1v) is 7.54. The second kappa shape index (κ2) is 5.64. The van der Waals surface area contributed by atoms with E-state index in [1.807, 2.05) is 0 Å². The molecule has 0 aliphatic carbocycles. The average molecular weight is 257 g/mol. The third-order valence-corrected chi connectivity index (χ3v) is 4.25. The lowest BCUT2D eigenvalue weighted by molar-refractivity contribution is 0.578. The number of benzene rings is 1. The first-order valence-electron chi connectivity index (χ1n) is 7.54. The van der Waals surface area contributed by atoms with Crippen LogP contribution in [0.15, 0.2) is 24.3 Å². The summed E-state index contributed by atoms with van der Waals surface area (Å²) >= 11 is 0. The topological polar surface area (TPSA) is 30.3 Å². The fraction of sp³-hybridized carbons (Fsp3) is 0.562. The minimum absolute atomic E-state index is 0.775. The largest absolute Gasteiger partial charge is 0.372 e. The standard InChI is InChI=1S/C16H23N3/c17-16-6-2-5-13-19(16)15-9-7-14(8-10-15)18-11-3-1-4-12-18/h7-10,17H,1-6,11-13H2. The summed E-state index contributed by atoms with van der Waals surface area (Å²) in [5.74, 6) is 0.775. The van der Waals surface area contributed by atoms with Gasteiger partial charge < -0.3 is 9.80 Å². The van der Waals surface area contributed by atoms with Crippen molar-refractivity contribution in [3.63, 3.8) is 0 Å². The van der Waals surface area contributed by atoms with Crippen molar-refractivity contribution in [2.45, 2.75) is 38.5 Å². The number of anilines is 2. The van der Waals surface area contributed by atoms with Gasteiger partial charge in [0.25, 0.3) is 0 Å². The van der Waals surface area contributed by atoms with E-state index in [0.29, 0.717) is 0 Å². The Hall–Kier alpha value is -1.51. The lowest BCUT2D eigenvalue weighted by Crippen LogP contribution is -2.34.